The van der Waals surface area contributed by atoms with Gasteiger partial charge >= 0.3 is 59.1 Å². The van der Waals surface area contributed by atoms with E-state index in [1.54, 1.807) is 42.5 Å². The third-order valence-electron chi connectivity index (χ3n) is 3.93. The van der Waals surface area contributed by atoms with Crippen LogP contribution in [-0.4, -0.2) is 23.0 Å². The number of carbonyl (C=O) groups is 2. The number of carboxylic acid groups (broad SMARTS) is 2. The molecule has 2 aromatic rings. The van der Waals surface area contributed by atoms with Crippen molar-refractivity contribution in [2.45, 2.75) is 18.8 Å². The van der Waals surface area contributed by atoms with Crippen LogP contribution in [-0.2, 0) is 21.2 Å². The summed E-state index contributed by atoms with van der Waals surface area (Å²) in [5.41, 5.74) is 1.38. The second-order valence-corrected chi connectivity index (χ2v) is 5.96. The Morgan fingerprint density at radius 3 is 2.26 bits per heavy atom. The van der Waals surface area contributed by atoms with Crippen molar-refractivity contribution in [1.82, 2.24) is 5.01 Å². The number of carbonyl (C=O) groups excluding carboxylic acids is 2. The molecule has 0 saturated heterocycles. The Morgan fingerprint density at radius 2 is 1.67 bits per heavy atom. The maximum Gasteiger partial charge on any atom is 1.00 e. The summed E-state index contributed by atoms with van der Waals surface area (Å²) in [4.78, 5) is 22.6. The molecule has 3 rings (SSSR count). The molecule has 0 bridgehead atoms. The molecular formula is C17H12ClN2Na2O5. The molecule has 0 fully saturated rings. The van der Waals surface area contributed by atoms with Crippen LogP contribution in [0.15, 0.2) is 48.5 Å². The van der Waals surface area contributed by atoms with Crippen LogP contribution in [0.25, 0.3) is 0 Å². The number of hydrogen-bond acceptors (Lipinski definition) is 6. The molecule has 2 aromatic carbocycles. The molecular weight excluding hydrogens is 394 g/mol. The summed E-state index contributed by atoms with van der Waals surface area (Å²) >= 11 is 5.96. The van der Waals surface area contributed by atoms with Gasteiger partial charge in [0.05, 0.1) is 24.2 Å². The first-order valence-electron chi connectivity index (χ1n) is 7.37. The van der Waals surface area contributed by atoms with Gasteiger partial charge in [-0.2, -0.15) is 5.01 Å². The van der Waals surface area contributed by atoms with Crippen molar-refractivity contribution in [1.29, 1.82) is 0 Å². The van der Waals surface area contributed by atoms with Gasteiger partial charge in [0.1, 0.15) is 6.04 Å². The molecule has 1 aliphatic heterocycles. The third kappa shape index (κ3) is 5.06. The minimum atomic E-state index is -2.21. The van der Waals surface area contributed by atoms with Crippen LogP contribution in [0, 0.1) is 0 Å². The van der Waals surface area contributed by atoms with Crippen molar-refractivity contribution in [3.05, 3.63) is 64.7 Å². The largest absolute Gasteiger partial charge is 1.00 e. The molecule has 0 N–H and O–H groups in total. The van der Waals surface area contributed by atoms with Gasteiger partial charge in [-0.1, -0.05) is 41.9 Å². The van der Waals surface area contributed by atoms with Crippen LogP contribution in [0.1, 0.15) is 17.4 Å². The smallest absolute Gasteiger partial charge is 0.548 e. The summed E-state index contributed by atoms with van der Waals surface area (Å²) in [5.74, 6) is -3.82. The molecule has 129 valence electrons. The van der Waals surface area contributed by atoms with Crippen molar-refractivity contribution in [3.8, 4) is 0 Å². The number of anilines is 1. The molecule has 27 heavy (non-hydrogen) atoms. The summed E-state index contributed by atoms with van der Waals surface area (Å²) < 4.78 is 0. The molecule has 0 spiro atoms. The number of nitrogens with zero attached hydrogens (tertiary/aromatic N) is 2. The fraction of sp³-hybridized carbons (Fsp3) is 0.176. The molecule has 1 unspecified atom stereocenters. The average molecular weight is 406 g/mol. The van der Waals surface area contributed by atoms with Gasteiger partial charge in [-0.3, -0.25) is 5.01 Å². The number of carboxylic acids is 2. The van der Waals surface area contributed by atoms with Crippen LogP contribution in [0.4, 0.5) is 5.69 Å². The first-order chi connectivity index (χ1) is 11.9. The van der Waals surface area contributed by atoms with Crippen molar-refractivity contribution >= 4 is 29.2 Å². The van der Waals surface area contributed by atoms with Crippen LogP contribution >= 0.6 is 11.6 Å². The Labute approximate surface area is 205 Å². The quantitative estimate of drug-likeness (QED) is 0.362. The molecule has 1 radical (unpaired) electrons. The van der Waals surface area contributed by atoms with Crippen LogP contribution in [0.5, 0.6) is 0 Å². The molecule has 1 aliphatic rings. The van der Waals surface area contributed by atoms with Gasteiger partial charge in [0.15, 0.2) is 6.23 Å². The number of para-hydroxylation sites is 1. The Balaban J connectivity index is 0.00000182. The van der Waals surface area contributed by atoms with E-state index >= 15 is 0 Å². The Bertz CT molecular complexity index is 824. The fourth-order valence-corrected chi connectivity index (χ4v) is 3.10. The second kappa shape index (κ2) is 10.2. The second-order valence-electron chi connectivity index (χ2n) is 5.52. The van der Waals surface area contributed by atoms with Gasteiger partial charge in [-0.25, -0.2) is 5.11 Å². The normalized spacial score (nSPS) is 15.7. The van der Waals surface area contributed by atoms with E-state index in [2.05, 4.69) is 0 Å². The van der Waals surface area contributed by atoms with Gasteiger partial charge in [0, 0.05) is 10.6 Å². The van der Waals surface area contributed by atoms with E-state index in [1.807, 2.05) is 0 Å². The van der Waals surface area contributed by atoms with E-state index in [4.69, 9.17) is 11.6 Å². The van der Waals surface area contributed by atoms with E-state index in [0.717, 1.165) is 5.01 Å². The van der Waals surface area contributed by atoms with Crippen molar-refractivity contribution in [2.75, 3.05) is 5.01 Å². The number of fused-ring (bicyclic) bond motifs is 1. The fourth-order valence-electron chi connectivity index (χ4n) is 2.89. The molecule has 0 saturated carbocycles. The van der Waals surface area contributed by atoms with E-state index in [0.29, 0.717) is 16.3 Å². The SMILES string of the molecule is [Na+].[Na+].[O]C1c2ccccc2N(Cc2cccc(Cl)c2)N1C(C(=O)[O-])C(=O)[O-]. The number of rotatable bonds is 5. The summed E-state index contributed by atoms with van der Waals surface area (Å²) in [6, 6.07) is 11.0. The van der Waals surface area contributed by atoms with Crippen LogP contribution < -0.4 is 74.3 Å². The maximum absolute atomic E-state index is 12.7. The zero-order chi connectivity index (χ0) is 18.1. The predicted molar refractivity (Wildman–Crippen MR) is 83.1 cm³/mol. The van der Waals surface area contributed by atoms with Gasteiger partial charge in [-0.05, 0) is 23.8 Å². The van der Waals surface area contributed by atoms with E-state index < -0.39 is 24.2 Å². The number of benzene rings is 2. The average Bonchev–Trinajstić information content (AvgIpc) is 2.81. The van der Waals surface area contributed by atoms with Crippen molar-refractivity contribution < 1.29 is 84.0 Å². The van der Waals surface area contributed by atoms with Crippen molar-refractivity contribution in [2.24, 2.45) is 0 Å². The van der Waals surface area contributed by atoms with Crippen LogP contribution in [0.2, 0.25) is 5.02 Å². The van der Waals surface area contributed by atoms with E-state index in [9.17, 15) is 24.9 Å². The zero-order valence-corrected chi connectivity index (χ0v) is 19.6. The minimum Gasteiger partial charge on any atom is -0.548 e. The minimum absolute atomic E-state index is 0. The molecule has 10 heteroatoms. The zero-order valence-electron chi connectivity index (χ0n) is 14.8. The number of halogens is 1. The van der Waals surface area contributed by atoms with E-state index in [1.165, 1.54) is 11.1 Å². The summed E-state index contributed by atoms with van der Waals surface area (Å²) in [5, 5.41) is 37.8. The molecule has 1 atom stereocenters. The summed E-state index contributed by atoms with van der Waals surface area (Å²) in [6.45, 7) is 0.0629. The predicted octanol–water partition coefficient (Wildman–Crippen LogP) is -6.12. The topological polar surface area (TPSA) is 107 Å². The van der Waals surface area contributed by atoms with Crippen LogP contribution in [0.3, 0.4) is 0 Å². The Hall–Kier alpha value is -0.610. The molecule has 7 nitrogen and oxygen atoms in total. The third-order valence-corrected chi connectivity index (χ3v) is 4.17. The monoisotopic (exact) mass is 405 g/mol. The van der Waals surface area contributed by atoms with E-state index in [-0.39, 0.29) is 71.2 Å². The first-order valence-corrected chi connectivity index (χ1v) is 7.74. The Morgan fingerprint density at radius 1 is 1.04 bits per heavy atom. The van der Waals surface area contributed by atoms with Crippen molar-refractivity contribution in [3.63, 3.8) is 0 Å². The van der Waals surface area contributed by atoms with Gasteiger partial charge in [0.2, 0.25) is 0 Å². The standard InChI is InChI=1S/C17H14ClN2O5.2Na/c18-11-5-3-4-10(8-11)9-19-13-7-2-1-6-12(13)15(21)20(19)14(16(22)23)17(24)25;;/h1-8,14-15H,9H2,(H,22,23)(H,24,25);;/q;2*+1/p-2. The number of aliphatic carboxylic acids is 2. The summed E-state index contributed by atoms with van der Waals surface area (Å²) in [6.07, 6.45) is -1.71. The Kier molecular flexibility index (Phi) is 9.27. The molecule has 0 aliphatic carbocycles. The summed E-state index contributed by atoms with van der Waals surface area (Å²) in [7, 11) is 0. The van der Waals surface area contributed by atoms with Gasteiger partial charge in [-0.15, -0.1) is 0 Å². The van der Waals surface area contributed by atoms with Gasteiger partial charge in [0.25, 0.3) is 0 Å². The maximum atomic E-state index is 12.7. The first kappa shape index (κ1) is 24.4. The van der Waals surface area contributed by atoms with Gasteiger partial charge < -0.3 is 19.8 Å². The molecule has 1 heterocycles. The number of hydrazine groups is 1. The molecule has 0 aromatic heterocycles. The number of hydrogen-bond donors (Lipinski definition) is 0. The molecule has 0 amide bonds.